The highest BCUT2D eigenvalue weighted by Gasteiger charge is 2.40. The maximum atomic E-state index is 6.00. The van der Waals surface area contributed by atoms with E-state index in [0.29, 0.717) is 28.6 Å². The third kappa shape index (κ3) is 2.97. The summed E-state index contributed by atoms with van der Waals surface area (Å²) >= 11 is 3.42. The van der Waals surface area contributed by atoms with Crippen molar-refractivity contribution >= 4 is 21.7 Å². The van der Waals surface area contributed by atoms with Crippen molar-refractivity contribution in [1.82, 2.24) is 9.97 Å². The van der Waals surface area contributed by atoms with E-state index >= 15 is 0 Å². The lowest BCUT2D eigenvalue weighted by atomic mass is 9.78. The molecule has 1 saturated carbocycles. The Morgan fingerprint density at radius 1 is 1.40 bits per heavy atom. The van der Waals surface area contributed by atoms with Gasteiger partial charge in [0.25, 0.3) is 0 Å². The summed E-state index contributed by atoms with van der Waals surface area (Å²) in [5.74, 6) is 1.72. The van der Waals surface area contributed by atoms with Crippen LogP contribution in [0, 0.1) is 5.92 Å². The van der Waals surface area contributed by atoms with Gasteiger partial charge in [-0.15, -0.1) is 0 Å². The van der Waals surface area contributed by atoms with Crippen molar-refractivity contribution in [1.29, 1.82) is 0 Å². The molecule has 20 heavy (non-hydrogen) atoms. The van der Waals surface area contributed by atoms with Crippen molar-refractivity contribution in [3.05, 3.63) is 16.0 Å². The summed E-state index contributed by atoms with van der Waals surface area (Å²) in [7, 11) is 3.37. The molecular weight excluding hydrogens is 322 g/mol. The highest BCUT2D eigenvalue weighted by molar-refractivity contribution is 9.10. The SMILES string of the molecule is COCc1nc(C2(OC)CCCC(C)C2)nc(N)c1Br. The molecule has 0 saturated heterocycles. The van der Waals surface area contributed by atoms with Crippen LogP contribution in [-0.4, -0.2) is 24.2 Å². The summed E-state index contributed by atoms with van der Waals surface area (Å²) in [6.45, 7) is 2.64. The third-order valence-electron chi connectivity index (χ3n) is 3.98. The molecule has 1 aliphatic rings. The number of aromatic nitrogens is 2. The van der Waals surface area contributed by atoms with E-state index in [-0.39, 0.29) is 0 Å². The maximum absolute atomic E-state index is 6.00. The fourth-order valence-corrected chi connectivity index (χ4v) is 3.22. The number of methoxy groups -OCH3 is 2. The molecule has 2 rings (SSSR count). The Bertz CT molecular complexity index is 484. The Kier molecular flexibility index (Phi) is 4.99. The fraction of sp³-hybridized carbons (Fsp3) is 0.714. The first-order valence-corrected chi connectivity index (χ1v) is 7.68. The molecule has 0 radical (unpaired) electrons. The summed E-state index contributed by atoms with van der Waals surface area (Å²) in [4.78, 5) is 9.09. The second-order valence-electron chi connectivity index (χ2n) is 5.53. The van der Waals surface area contributed by atoms with Gasteiger partial charge in [0.05, 0.1) is 16.8 Å². The summed E-state index contributed by atoms with van der Waals surface area (Å²) in [6, 6.07) is 0. The molecule has 6 heteroatoms. The molecule has 5 nitrogen and oxygen atoms in total. The van der Waals surface area contributed by atoms with Gasteiger partial charge in [0, 0.05) is 14.2 Å². The largest absolute Gasteiger partial charge is 0.383 e. The van der Waals surface area contributed by atoms with Gasteiger partial charge in [-0.1, -0.05) is 13.3 Å². The predicted molar refractivity (Wildman–Crippen MR) is 81.2 cm³/mol. The fourth-order valence-electron chi connectivity index (χ4n) is 2.93. The normalized spacial score (nSPS) is 26.7. The van der Waals surface area contributed by atoms with Crippen molar-refractivity contribution in [2.45, 2.75) is 44.8 Å². The van der Waals surface area contributed by atoms with Crippen LogP contribution in [0.2, 0.25) is 0 Å². The van der Waals surface area contributed by atoms with E-state index in [1.165, 1.54) is 6.42 Å². The van der Waals surface area contributed by atoms with Crippen LogP contribution >= 0.6 is 15.9 Å². The number of hydrogen-bond acceptors (Lipinski definition) is 5. The Balaban J connectivity index is 2.44. The van der Waals surface area contributed by atoms with Gasteiger partial charge in [0.2, 0.25) is 0 Å². The number of ether oxygens (including phenoxy) is 2. The van der Waals surface area contributed by atoms with Gasteiger partial charge in [-0.2, -0.15) is 0 Å². The minimum Gasteiger partial charge on any atom is -0.383 e. The second kappa shape index (κ2) is 6.37. The predicted octanol–water partition coefficient (Wildman–Crippen LogP) is 3.02. The van der Waals surface area contributed by atoms with Gasteiger partial charge in [0.1, 0.15) is 11.4 Å². The van der Waals surface area contributed by atoms with E-state index in [2.05, 4.69) is 32.8 Å². The van der Waals surface area contributed by atoms with Gasteiger partial charge >= 0.3 is 0 Å². The monoisotopic (exact) mass is 343 g/mol. The van der Waals surface area contributed by atoms with Crippen LogP contribution in [0.25, 0.3) is 0 Å². The van der Waals surface area contributed by atoms with E-state index in [4.69, 9.17) is 15.2 Å². The highest BCUT2D eigenvalue weighted by atomic mass is 79.9. The van der Waals surface area contributed by atoms with E-state index in [9.17, 15) is 0 Å². The van der Waals surface area contributed by atoms with Crippen LogP contribution in [0.3, 0.4) is 0 Å². The molecule has 1 aliphatic carbocycles. The smallest absolute Gasteiger partial charge is 0.163 e. The van der Waals surface area contributed by atoms with Crippen molar-refractivity contribution < 1.29 is 9.47 Å². The Hall–Kier alpha value is -0.720. The standard InChI is InChI=1S/C14H22BrN3O2/c1-9-5-4-6-14(7-9,20-3)13-17-10(8-19-2)11(15)12(16)18-13/h9H,4-8H2,1-3H3,(H2,16,17,18). The lowest BCUT2D eigenvalue weighted by Gasteiger charge is -2.37. The van der Waals surface area contributed by atoms with Gasteiger partial charge in [0.15, 0.2) is 5.82 Å². The molecule has 1 heterocycles. The van der Waals surface area contributed by atoms with Gasteiger partial charge in [-0.05, 0) is 41.1 Å². The quantitative estimate of drug-likeness (QED) is 0.909. The zero-order chi connectivity index (χ0) is 14.8. The molecule has 0 aromatic carbocycles. The maximum Gasteiger partial charge on any atom is 0.163 e. The molecule has 2 atom stereocenters. The third-order valence-corrected chi connectivity index (χ3v) is 4.84. The number of hydrogen-bond donors (Lipinski definition) is 1. The molecule has 0 amide bonds. The van der Waals surface area contributed by atoms with Gasteiger partial charge < -0.3 is 15.2 Å². The first kappa shape index (κ1) is 15.7. The number of rotatable bonds is 4. The Labute approximate surface area is 128 Å². The summed E-state index contributed by atoms with van der Waals surface area (Å²) in [6.07, 6.45) is 4.20. The van der Waals surface area contributed by atoms with Crippen molar-refractivity contribution in [2.75, 3.05) is 20.0 Å². The van der Waals surface area contributed by atoms with Crippen molar-refractivity contribution in [3.8, 4) is 0 Å². The molecular formula is C14H22BrN3O2. The molecule has 0 bridgehead atoms. The first-order chi connectivity index (χ1) is 9.52. The van der Waals surface area contributed by atoms with Crippen molar-refractivity contribution in [2.24, 2.45) is 5.92 Å². The number of nitrogens with zero attached hydrogens (tertiary/aromatic N) is 2. The van der Waals surface area contributed by atoms with E-state index < -0.39 is 5.60 Å². The molecule has 2 unspecified atom stereocenters. The van der Waals surface area contributed by atoms with Crippen LogP contribution < -0.4 is 5.73 Å². The van der Waals surface area contributed by atoms with E-state index in [0.717, 1.165) is 25.0 Å². The Morgan fingerprint density at radius 3 is 2.75 bits per heavy atom. The summed E-state index contributed by atoms with van der Waals surface area (Å²) < 4.78 is 11.7. The van der Waals surface area contributed by atoms with Gasteiger partial charge in [-0.3, -0.25) is 0 Å². The lowest BCUT2D eigenvalue weighted by Crippen LogP contribution is -2.36. The summed E-state index contributed by atoms with van der Waals surface area (Å²) in [5, 5.41) is 0. The number of nitrogen functional groups attached to an aromatic ring is 1. The Morgan fingerprint density at radius 2 is 2.15 bits per heavy atom. The number of anilines is 1. The molecule has 0 aliphatic heterocycles. The first-order valence-electron chi connectivity index (χ1n) is 6.89. The summed E-state index contributed by atoms with van der Waals surface area (Å²) in [5.41, 5.74) is 6.34. The van der Waals surface area contributed by atoms with Crippen LogP contribution in [-0.2, 0) is 21.7 Å². The second-order valence-corrected chi connectivity index (χ2v) is 6.32. The zero-order valence-electron chi connectivity index (χ0n) is 12.3. The molecule has 1 fully saturated rings. The molecule has 1 aromatic heterocycles. The average Bonchev–Trinajstić information content (AvgIpc) is 2.43. The highest BCUT2D eigenvalue weighted by Crippen LogP contribution is 2.42. The van der Waals surface area contributed by atoms with Crippen LogP contribution in [0.1, 0.15) is 44.1 Å². The molecule has 0 spiro atoms. The lowest BCUT2D eigenvalue weighted by molar-refractivity contribution is -0.0648. The number of halogens is 1. The minimum atomic E-state index is -0.422. The zero-order valence-corrected chi connectivity index (χ0v) is 13.9. The van der Waals surface area contributed by atoms with E-state index in [1.807, 2.05) is 0 Å². The van der Waals surface area contributed by atoms with Gasteiger partial charge in [-0.25, -0.2) is 9.97 Å². The van der Waals surface area contributed by atoms with Crippen molar-refractivity contribution in [3.63, 3.8) is 0 Å². The number of nitrogens with two attached hydrogens (primary N) is 1. The van der Waals surface area contributed by atoms with E-state index in [1.54, 1.807) is 14.2 Å². The topological polar surface area (TPSA) is 70.3 Å². The van der Waals surface area contributed by atoms with Crippen LogP contribution in [0.4, 0.5) is 5.82 Å². The average molecular weight is 344 g/mol. The minimum absolute atomic E-state index is 0.398. The van der Waals surface area contributed by atoms with Crippen LogP contribution in [0.15, 0.2) is 4.47 Å². The van der Waals surface area contributed by atoms with Crippen LogP contribution in [0.5, 0.6) is 0 Å². The molecule has 2 N–H and O–H groups in total. The molecule has 112 valence electrons. The molecule has 1 aromatic rings.